The summed E-state index contributed by atoms with van der Waals surface area (Å²) >= 11 is 1.26. The number of nitrogens with zero attached hydrogens (tertiary/aromatic N) is 1. The summed E-state index contributed by atoms with van der Waals surface area (Å²) in [4.78, 5) is 13.6. The van der Waals surface area contributed by atoms with Crippen LogP contribution in [0, 0.1) is 0 Å². The van der Waals surface area contributed by atoms with E-state index in [2.05, 4.69) is 4.98 Å². The summed E-state index contributed by atoms with van der Waals surface area (Å²) < 4.78 is 0. The SMILES string of the molecule is Cl.Nc1nc(C=O)cs1. The summed E-state index contributed by atoms with van der Waals surface area (Å²) in [7, 11) is 0. The Hall–Kier alpha value is -0.610. The maximum atomic E-state index is 9.91. The van der Waals surface area contributed by atoms with Gasteiger partial charge in [-0.05, 0) is 0 Å². The second-order valence-electron chi connectivity index (χ2n) is 1.23. The zero-order chi connectivity index (χ0) is 5.98. The summed E-state index contributed by atoms with van der Waals surface area (Å²) in [5, 5.41) is 2.05. The lowest BCUT2D eigenvalue weighted by Gasteiger charge is -1.71. The normalized spacial score (nSPS) is 8.00. The van der Waals surface area contributed by atoms with Crippen LogP contribution in [0.1, 0.15) is 10.5 Å². The highest BCUT2D eigenvalue weighted by molar-refractivity contribution is 7.13. The van der Waals surface area contributed by atoms with Crippen LogP contribution in [0.25, 0.3) is 0 Å². The average molecular weight is 165 g/mol. The monoisotopic (exact) mass is 164 g/mol. The van der Waals surface area contributed by atoms with Crippen molar-refractivity contribution < 1.29 is 4.79 Å². The molecule has 0 saturated carbocycles. The minimum absolute atomic E-state index is 0. The standard InChI is InChI=1S/C4H4N2OS.ClH/c5-4-6-3(1-7)2-8-4;/h1-2H,(H2,5,6);1H. The van der Waals surface area contributed by atoms with E-state index in [4.69, 9.17) is 5.73 Å². The number of halogens is 1. The summed E-state index contributed by atoms with van der Waals surface area (Å²) in [6.07, 6.45) is 0.673. The first kappa shape index (κ1) is 8.39. The van der Waals surface area contributed by atoms with Crippen molar-refractivity contribution in [2.45, 2.75) is 0 Å². The first-order valence-electron chi connectivity index (χ1n) is 1.99. The molecule has 0 spiro atoms. The molecular weight excluding hydrogens is 160 g/mol. The van der Waals surface area contributed by atoms with Crippen LogP contribution in [-0.4, -0.2) is 11.3 Å². The van der Waals surface area contributed by atoms with Gasteiger partial charge in [0, 0.05) is 5.38 Å². The number of aldehydes is 1. The third-order valence-corrected chi connectivity index (χ3v) is 1.35. The van der Waals surface area contributed by atoms with Crippen molar-refractivity contribution in [3.05, 3.63) is 11.1 Å². The molecule has 2 N–H and O–H groups in total. The van der Waals surface area contributed by atoms with E-state index >= 15 is 0 Å². The Balaban J connectivity index is 0.000000640. The van der Waals surface area contributed by atoms with Crippen LogP contribution in [0.4, 0.5) is 5.13 Å². The highest BCUT2D eigenvalue weighted by Gasteiger charge is 1.92. The molecule has 0 fully saturated rings. The van der Waals surface area contributed by atoms with Crippen LogP contribution in [-0.2, 0) is 0 Å². The number of nitrogens with two attached hydrogens (primary N) is 1. The Labute approximate surface area is 62.3 Å². The van der Waals surface area contributed by atoms with E-state index in [9.17, 15) is 4.79 Å². The molecule has 0 atom stereocenters. The van der Waals surface area contributed by atoms with Crippen LogP contribution in [0.5, 0.6) is 0 Å². The highest BCUT2D eigenvalue weighted by atomic mass is 35.5. The number of nitrogen functional groups attached to an aromatic ring is 1. The van der Waals surface area contributed by atoms with Gasteiger partial charge in [0.2, 0.25) is 0 Å². The van der Waals surface area contributed by atoms with E-state index in [-0.39, 0.29) is 12.4 Å². The van der Waals surface area contributed by atoms with Gasteiger partial charge in [0.1, 0.15) is 5.69 Å². The quantitative estimate of drug-likeness (QED) is 0.629. The fraction of sp³-hybridized carbons (Fsp3) is 0. The number of carbonyl (C=O) groups is 1. The average Bonchev–Trinajstić information content (AvgIpc) is 2.14. The van der Waals surface area contributed by atoms with E-state index in [0.717, 1.165) is 0 Å². The van der Waals surface area contributed by atoms with Crippen molar-refractivity contribution in [2.24, 2.45) is 0 Å². The van der Waals surface area contributed by atoms with Gasteiger partial charge in [-0.1, -0.05) is 0 Å². The number of hydrogen-bond donors (Lipinski definition) is 1. The lowest BCUT2D eigenvalue weighted by molar-refractivity contribution is 0.112. The molecule has 1 heterocycles. The summed E-state index contributed by atoms with van der Waals surface area (Å²) in [6, 6.07) is 0. The lowest BCUT2D eigenvalue weighted by Crippen LogP contribution is -1.83. The molecule has 0 aliphatic rings. The molecule has 1 rings (SSSR count). The molecule has 0 aromatic carbocycles. The smallest absolute Gasteiger partial charge is 0.180 e. The van der Waals surface area contributed by atoms with E-state index < -0.39 is 0 Å². The molecule has 0 unspecified atom stereocenters. The third-order valence-electron chi connectivity index (χ3n) is 0.660. The maximum Gasteiger partial charge on any atom is 0.180 e. The number of rotatable bonds is 1. The van der Waals surface area contributed by atoms with Crippen molar-refractivity contribution in [3.8, 4) is 0 Å². The van der Waals surface area contributed by atoms with Gasteiger partial charge in [-0.25, -0.2) is 4.98 Å². The fourth-order valence-corrected chi connectivity index (χ4v) is 0.863. The number of thiazole rings is 1. The predicted molar refractivity (Wildman–Crippen MR) is 39.2 cm³/mol. The molecule has 0 aliphatic heterocycles. The molecule has 1 aromatic heterocycles. The number of hydrogen-bond acceptors (Lipinski definition) is 4. The zero-order valence-corrected chi connectivity index (χ0v) is 6.04. The number of carbonyl (C=O) groups excluding carboxylic acids is 1. The fourth-order valence-electron chi connectivity index (χ4n) is 0.355. The van der Waals surface area contributed by atoms with Crippen LogP contribution < -0.4 is 5.73 Å². The molecule has 1 aromatic rings. The van der Waals surface area contributed by atoms with Gasteiger partial charge >= 0.3 is 0 Å². The van der Waals surface area contributed by atoms with E-state index in [0.29, 0.717) is 17.1 Å². The van der Waals surface area contributed by atoms with Gasteiger partial charge in [0.05, 0.1) is 0 Å². The van der Waals surface area contributed by atoms with Gasteiger partial charge in [0.15, 0.2) is 11.4 Å². The molecule has 0 amide bonds. The Kier molecular flexibility index (Phi) is 3.19. The molecule has 0 radical (unpaired) electrons. The second kappa shape index (κ2) is 3.42. The number of aromatic nitrogens is 1. The Morgan fingerprint density at radius 2 is 2.44 bits per heavy atom. The number of anilines is 1. The largest absolute Gasteiger partial charge is 0.375 e. The van der Waals surface area contributed by atoms with Gasteiger partial charge in [0.25, 0.3) is 0 Å². The molecule has 0 saturated heterocycles. The van der Waals surface area contributed by atoms with E-state index in [1.807, 2.05) is 0 Å². The van der Waals surface area contributed by atoms with Crippen LogP contribution >= 0.6 is 23.7 Å². The predicted octanol–water partition coefficient (Wildman–Crippen LogP) is 0.960. The third kappa shape index (κ3) is 1.99. The Bertz CT molecular complexity index is 200. The molecule has 9 heavy (non-hydrogen) atoms. The summed E-state index contributed by atoms with van der Waals surface area (Å²) in [5.41, 5.74) is 5.61. The van der Waals surface area contributed by atoms with Gasteiger partial charge < -0.3 is 5.73 Å². The molecule has 0 bridgehead atoms. The van der Waals surface area contributed by atoms with Gasteiger partial charge in [-0.15, -0.1) is 23.7 Å². The maximum absolute atomic E-state index is 9.91. The van der Waals surface area contributed by atoms with E-state index in [1.165, 1.54) is 11.3 Å². The molecule has 5 heteroatoms. The zero-order valence-electron chi connectivity index (χ0n) is 4.40. The topological polar surface area (TPSA) is 56.0 Å². The van der Waals surface area contributed by atoms with E-state index in [1.54, 1.807) is 5.38 Å². The van der Waals surface area contributed by atoms with Crippen molar-refractivity contribution in [1.82, 2.24) is 4.98 Å². The van der Waals surface area contributed by atoms with Gasteiger partial charge in [-0.3, -0.25) is 4.79 Å². The minimum atomic E-state index is 0. The van der Waals surface area contributed by atoms with Crippen LogP contribution in [0.3, 0.4) is 0 Å². The second-order valence-corrected chi connectivity index (χ2v) is 2.12. The summed E-state index contributed by atoms with van der Waals surface area (Å²) in [5.74, 6) is 0. The molecule has 0 aliphatic carbocycles. The van der Waals surface area contributed by atoms with Crippen molar-refractivity contribution in [3.63, 3.8) is 0 Å². The molecule has 3 nitrogen and oxygen atoms in total. The highest BCUT2D eigenvalue weighted by Crippen LogP contribution is 2.07. The van der Waals surface area contributed by atoms with Crippen molar-refractivity contribution in [2.75, 3.05) is 5.73 Å². The van der Waals surface area contributed by atoms with Crippen LogP contribution in [0.15, 0.2) is 5.38 Å². The van der Waals surface area contributed by atoms with Crippen molar-refractivity contribution in [1.29, 1.82) is 0 Å². The lowest BCUT2D eigenvalue weighted by atomic mass is 10.6. The Morgan fingerprint density at radius 1 is 1.78 bits per heavy atom. The molecule has 50 valence electrons. The first-order valence-corrected chi connectivity index (χ1v) is 2.87. The summed E-state index contributed by atoms with van der Waals surface area (Å²) in [6.45, 7) is 0. The van der Waals surface area contributed by atoms with Crippen molar-refractivity contribution >= 4 is 35.2 Å². The van der Waals surface area contributed by atoms with Crippen LogP contribution in [0.2, 0.25) is 0 Å². The van der Waals surface area contributed by atoms with Gasteiger partial charge in [-0.2, -0.15) is 0 Å². The molecular formula is C4H5ClN2OS. The first-order chi connectivity index (χ1) is 3.83. The Morgan fingerprint density at radius 3 is 2.67 bits per heavy atom. The minimum Gasteiger partial charge on any atom is -0.375 e.